The largest absolute Gasteiger partial charge is 0.494 e. The van der Waals surface area contributed by atoms with E-state index in [4.69, 9.17) is 4.74 Å². The van der Waals surface area contributed by atoms with Crippen molar-refractivity contribution in [3.63, 3.8) is 0 Å². The van der Waals surface area contributed by atoms with Gasteiger partial charge >= 0.3 is 0 Å². The van der Waals surface area contributed by atoms with Crippen LogP contribution in [-0.4, -0.2) is 17.4 Å². The predicted octanol–water partition coefficient (Wildman–Crippen LogP) is 4.16. The van der Waals surface area contributed by atoms with Crippen molar-refractivity contribution in [3.8, 4) is 5.75 Å². The molecule has 0 aliphatic carbocycles. The number of ether oxygens (including phenoxy) is 1. The maximum Gasteiger partial charge on any atom is 0.185 e. The molecule has 0 saturated carbocycles. The minimum Gasteiger partial charge on any atom is -0.494 e. The molecular formula is C18H19NO2. The summed E-state index contributed by atoms with van der Waals surface area (Å²) in [4.78, 5) is 16.0. The highest BCUT2D eigenvalue weighted by atomic mass is 16.5. The molecule has 3 heteroatoms. The average Bonchev–Trinajstić information content (AvgIpc) is 2.54. The van der Waals surface area contributed by atoms with Gasteiger partial charge in [0.05, 0.1) is 6.61 Å². The first-order valence-electron chi connectivity index (χ1n) is 7.15. The Hall–Kier alpha value is -2.42. The average molecular weight is 281 g/mol. The standard InChI is InChI=1S/C18H19NO2/c1-2-3-14-21-17-7-5-16(6-8-17)18(20)9-4-15-10-12-19-13-11-15/h4-13H,2-3,14H2,1H3/b9-4+. The Morgan fingerprint density at radius 3 is 2.52 bits per heavy atom. The fourth-order valence-electron chi connectivity index (χ4n) is 1.79. The van der Waals surface area contributed by atoms with Crippen LogP contribution in [0.3, 0.4) is 0 Å². The number of nitrogens with zero attached hydrogens (tertiary/aromatic N) is 1. The third-order valence-corrected chi connectivity index (χ3v) is 3.04. The molecule has 0 radical (unpaired) electrons. The number of benzene rings is 1. The maximum absolute atomic E-state index is 12.0. The molecule has 108 valence electrons. The Balaban J connectivity index is 1.95. The Bertz CT molecular complexity index is 588. The molecule has 0 atom stereocenters. The van der Waals surface area contributed by atoms with Crippen molar-refractivity contribution in [2.45, 2.75) is 19.8 Å². The minimum atomic E-state index is -0.0214. The lowest BCUT2D eigenvalue weighted by atomic mass is 10.1. The van der Waals surface area contributed by atoms with E-state index in [0.717, 1.165) is 24.2 Å². The van der Waals surface area contributed by atoms with Gasteiger partial charge in [-0.05, 0) is 54.5 Å². The van der Waals surface area contributed by atoms with Gasteiger partial charge in [0.2, 0.25) is 0 Å². The monoisotopic (exact) mass is 281 g/mol. The van der Waals surface area contributed by atoms with E-state index in [2.05, 4.69) is 11.9 Å². The summed E-state index contributed by atoms with van der Waals surface area (Å²) in [5.74, 6) is 0.782. The van der Waals surface area contributed by atoms with Crippen LogP contribution in [0.15, 0.2) is 54.9 Å². The zero-order chi connectivity index (χ0) is 14.9. The van der Waals surface area contributed by atoms with Gasteiger partial charge in [-0.1, -0.05) is 19.4 Å². The van der Waals surface area contributed by atoms with Gasteiger partial charge in [-0.15, -0.1) is 0 Å². The second-order valence-corrected chi connectivity index (χ2v) is 4.70. The Morgan fingerprint density at radius 2 is 1.86 bits per heavy atom. The van der Waals surface area contributed by atoms with E-state index in [1.165, 1.54) is 0 Å². The van der Waals surface area contributed by atoms with E-state index >= 15 is 0 Å². The number of carbonyl (C=O) groups is 1. The van der Waals surface area contributed by atoms with Crippen molar-refractivity contribution in [1.82, 2.24) is 4.98 Å². The van der Waals surface area contributed by atoms with E-state index < -0.39 is 0 Å². The highest BCUT2D eigenvalue weighted by Crippen LogP contribution is 2.14. The first-order chi connectivity index (χ1) is 10.3. The molecule has 0 N–H and O–H groups in total. The van der Waals surface area contributed by atoms with Gasteiger partial charge in [0.15, 0.2) is 5.78 Å². The molecule has 0 fully saturated rings. The lowest BCUT2D eigenvalue weighted by Crippen LogP contribution is -1.98. The van der Waals surface area contributed by atoms with Crippen molar-refractivity contribution in [3.05, 3.63) is 66.0 Å². The molecule has 0 unspecified atom stereocenters. The highest BCUT2D eigenvalue weighted by Gasteiger charge is 2.02. The van der Waals surface area contributed by atoms with E-state index in [9.17, 15) is 4.79 Å². The molecule has 0 aliphatic rings. The van der Waals surface area contributed by atoms with Crippen LogP contribution < -0.4 is 4.74 Å². The van der Waals surface area contributed by atoms with E-state index in [0.29, 0.717) is 12.2 Å². The van der Waals surface area contributed by atoms with E-state index in [1.54, 1.807) is 36.7 Å². The second-order valence-electron chi connectivity index (χ2n) is 4.70. The first kappa shape index (κ1) is 15.0. The molecule has 1 aromatic heterocycles. The topological polar surface area (TPSA) is 39.2 Å². The fraction of sp³-hybridized carbons (Fsp3) is 0.222. The number of unbranched alkanes of at least 4 members (excludes halogenated alkanes) is 1. The number of hydrogen-bond acceptors (Lipinski definition) is 3. The third kappa shape index (κ3) is 4.88. The molecule has 2 rings (SSSR count). The zero-order valence-corrected chi connectivity index (χ0v) is 12.2. The van der Waals surface area contributed by atoms with E-state index in [-0.39, 0.29) is 5.78 Å². The minimum absolute atomic E-state index is 0.0214. The van der Waals surface area contributed by atoms with Crippen LogP contribution in [0.5, 0.6) is 5.75 Å². The molecule has 1 heterocycles. The summed E-state index contributed by atoms with van der Waals surface area (Å²) in [6.45, 7) is 2.84. The van der Waals surface area contributed by atoms with Crippen LogP contribution in [0.4, 0.5) is 0 Å². The summed E-state index contributed by atoms with van der Waals surface area (Å²) >= 11 is 0. The van der Waals surface area contributed by atoms with Gasteiger partial charge in [0, 0.05) is 18.0 Å². The Kier molecular flexibility index (Phi) is 5.71. The van der Waals surface area contributed by atoms with Crippen LogP contribution in [-0.2, 0) is 0 Å². The Morgan fingerprint density at radius 1 is 1.14 bits per heavy atom. The summed E-state index contributed by atoms with van der Waals surface area (Å²) in [5, 5.41) is 0. The third-order valence-electron chi connectivity index (χ3n) is 3.04. The molecule has 1 aromatic carbocycles. The van der Waals surface area contributed by atoms with Gasteiger partial charge in [0.25, 0.3) is 0 Å². The number of pyridine rings is 1. The summed E-state index contributed by atoms with van der Waals surface area (Å²) in [6, 6.07) is 11.0. The van der Waals surface area contributed by atoms with Crippen molar-refractivity contribution in [2.24, 2.45) is 0 Å². The molecule has 0 aliphatic heterocycles. The summed E-state index contributed by atoms with van der Waals surface area (Å²) < 4.78 is 5.57. The first-order valence-corrected chi connectivity index (χ1v) is 7.15. The van der Waals surface area contributed by atoms with Crippen molar-refractivity contribution in [2.75, 3.05) is 6.61 Å². The predicted molar refractivity (Wildman–Crippen MR) is 84.4 cm³/mol. The van der Waals surface area contributed by atoms with Gasteiger partial charge < -0.3 is 4.74 Å². The normalized spacial score (nSPS) is 10.7. The van der Waals surface area contributed by atoms with Crippen LogP contribution in [0.2, 0.25) is 0 Å². The van der Waals surface area contributed by atoms with Crippen LogP contribution >= 0.6 is 0 Å². The Labute approximate surface area is 125 Å². The number of hydrogen-bond donors (Lipinski definition) is 0. The van der Waals surface area contributed by atoms with Gasteiger partial charge in [-0.25, -0.2) is 0 Å². The summed E-state index contributed by atoms with van der Waals surface area (Å²) in [5.41, 5.74) is 1.61. The number of carbonyl (C=O) groups excluding carboxylic acids is 1. The molecule has 21 heavy (non-hydrogen) atoms. The molecule has 0 amide bonds. The number of ketones is 1. The molecule has 0 saturated heterocycles. The lowest BCUT2D eigenvalue weighted by Gasteiger charge is -2.05. The number of allylic oxidation sites excluding steroid dienone is 1. The van der Waals surface area contributed by atoms with Crippen molar-refractivity contribution >= 4 is 11.9 Å². The lowest BCUT2D eigenvalue weighted by molar-refractivity contribution is 0.104. The second kappa shape index (κ2) is 8.00. The van der Waals surface area contributed by atoms with Gasteiger partial charge in [-0.3, -0.25) is 9.78 Å². The van der Waals surface area contributed by atoms with Gasteiger partial charge in [-0.2, -0.15) is 0 Å². The molecule has 0 bridgehead atoms. The smallest absolute Gasteiger partial charge is 0.185 e. The molecule has 2 aromatic rings. The molecular weight excluding hydrogens is 262 g/mol. The van der Waals surface area contributed by atoms with Crippen LogP contribution in [0.25, 0.3) is 6.08 Å². The van der Waals surface area contributed by atoms with Crippen LogP contribution in [0, 0.1) is 0 Å². The summed E-state index contributed by atoms with van der Waals surface area (Å²) in [7, 11) is 0. The van der Waals surface area contributed by atoms with Crippen molar-refractivity contribution in [1.29, 1.82) is 0 Å². The SMILES string of the molecule is CCCCOc1ccc(C(=O)/C=C/c2ccncc2)cc1. The highest BCUT2D eigenvalue weighted by molar-refractivity contribution is 6.06. The van der Waals surface area contributed by atoms with Crippen molar-refractivity contribution < 1.29 is 9.53 Å². The molecule has 0 spiro atoms. The summed E-state index contributed by atoms with van der Waals surface area (Å²) in [6.07, 6.45) is 8.91. The van der Waals surface area contributed by atoms with Crippen LogP contribution in [0.1, 0.15) is 35.7 Å². The number of aromatic nitrogens is 1. The fourth-order valence-corrected chi connectivity index (χ4v) is 1.79. The quantitative estimate of drug-likeness (QED) is 0.434. The van der Waals surface area contributed by atoms with Gasteiger partial charge in [0.1, 0.15) is 5.75 Å². The van der Waals surface area contributed by atoms with E-state index in [1.807, 2.05) is 24.3 Å². The number of rotatable bonds is 7. The molecule has 3 nitrogen and oxygen atoms in total. The zero-order valence-electron chi connectivity index (χ0n) is 12.2. The maximum atomic E-state index is 12.0.